The van der Waals surface area contributed by atoms with E-state index in [9.17, 15) is 13.6 Å². The fourth-order valence-corrected chi connectivity index (χ4v) is 0.188. The van der Waals surface area contributed by atoms with Crippen molar-refractivity contribution in [2.24, 2.45) is 5.16 Å². The number of alkyl halides is 2. The standard InChI is InChI=1S/C5H7F2NO3/c1-3(2)8-11-5(6,7)4(9)10/h1-2H3,(H,9,10). The number of aliphatic carboxylic acids is 1. The maximum Gasteiger partial charge on any atom is 0.521 e. The van der Waals surface area contributed by atoms with Crippen LogP contribution >= 0.6 is 0 Å². The number of carboxylic acid groups (broad SMARTS) is 1. The minimum absolute atomic E-state index is 0.214. The van der Waals surface area contributed by atoms with Gasteiger partial charge >= 0.3 is 12.1 Å². The fraction of sp³-hybridized carbons (Fsp3) is 0.600. The lowest BCUT2D eigenvalue weighted by molar-refractivity contribution is -0.246. The molecule has 64 valence electrons. The first-order valence-electron chi connectivity index (χ1n) is 2.67. The Kier molecular flexibility index (Phi) is 2.91. The van der Waals surface area contributed by atoms with Crippen LogP contribution in [-0.4, -0.2) is 22.9 Å². The lowest BCUT2D eigenvalue weighted by Gasteiger charge is -2.06. The van der Waals surface area contributed by atoms with Gasteiger partial charge in [0, 0.05) is 0 Å². The molecule has 0 rings (SSSR count). The number of rotatable bonds is 3. The molecule has 0 unspecified atom stereocenters. The molecule has 0 fully saturated rings. The second-order valence-corrected chi connectivity index (χ2v) is 1.95. The van der Waals surface area contributed by atoms with E-state index in [1.165, 1.54) is 13.8 Å². The normalized spacial score (nSPS) is 10.5. The van der Waals surface area contributed by atoms with Crippen molar-refractivity contribution in [3.8, 4) is 0 Å². The van der Waals surface area contributed by atoms with E-state index in [4.69, 9.17) is 5.11 Å². The van der Waals surface area contributed by atoms with E-state index < -0.39 is 12.1 Å². The molecule has 0 aliphatic rings. The summed E-state index contributed by atoms with van der Waals surface area (Å²) in [5.74, 6) is -2.36. The second kappa shape index (κ2) is 3.27. The van der Waals surface area contributed by atoms with Crippen LogP contribution < -0.4 is 0 Å². The highest BCUT2D eigenvalue weighted by molar-refractivity contribution is 5.78. The molecule has 0 spiro atoms. The number of nitrogens with zero attached hydrogens (tertiary/aromatic N) is 1. The van der Waals surface area contributed by atoms with Crippen LogP contribution in [0.1, 0.15) is 13.8 Å². The van der Waals surface area contributed by atoms with Crippen molar-refractivity contribution in [2.75, 3.05) is 0 Å². The third-order valence-corrected chi connectivity index (χ3v) is 0.592. The van der Waals surface area contributed by atoms with Crippen LogP contribution in [0.25, 0.3) is 0 Å². The Morgan fingerprint density at radius 3 is 2.27 bits per heavy atom. The maximum absolute atomic E-state index is 12.0. The molecular formula is C5H7F2NO3. The Bertz CT molecular complexity index is 186. The molecule has 0 aliphatic carbocycles. The molecule has 0 aromatic rings. The smallest absolute Gasteiger partial charge is 0.474 e. The van der Waals surface area contributed by atoms with Crippen molar-refractivity contribution in [3.63, 3.8) is 0 Å². The van der Waals surface area contributed by atoms with Gasteiger partial charge in [-0.3, -0.25) is 0 Å². The summed E-state index contributed by atoms with van der Waals surface area (Å²) in [6, 6.07) is 0. The first kappa shape index (κ1) is 9.80. The van der Waals surface area contributed by atoms with Gasteiger partial charge < -0.3 is 9.94 Å². The summed E-state index contributed by atoms with van der Waals surface area (Å²) in [6.07, 6.45) is -4.24. The highest BCUT2D eigenvalue weighted by Crippen LogP contribution is 2.15. The van der Waals surface area contributed by atoms with Crippen LogP contribution in [0.5, 0.6) is 0 Å². The van der Waals surface area contributed by atoms with Crippen LogP contribution in [0.2, 0.25) is 0 Å². The van der Waals surface area contributed by atoms with Gasteiger partial charge in [0.05, 0.1) is 5.71 Å². The number of carboxylic acids is 1. The Labute approximate surface area is 61.4 Å². The molecule has 6 heteroatoms. The predicted molar refractivity (Wildman–Crippen MR) is 32.5 cm³/mol. The molecule has 1 N–H and O–H groups in total. The minimum Gasteiger partial charge on any atom is -0.474 e. The topological polar surface area (TPSA) is 58.9 Å². The number of halogens is 2. The molecule has 0 saturated carbocycles. The quantitative estimate of drug-likeness (QED) is 0.505. The van der Waals surface area contributed by atoms with Gasteiger partial charge in [0.25, 0.3) is 0 Å². The lowest BCUT2D eigenvalue weighted by Crippen LogP contribution is -2.29. The van der Waals surface area contributed by atoms with E-state index in [1.807, 2.05) is 0 Å². The van der Waals surface area contributed by atoms with Crippen molar-refractivity contribution in [3.05, 3.63) is 0 Å². The van der Waals surface area contributed by atoms with Crippen molar-refractivity contribution >= 4 is 11.7 Å². The zero-order valence-corrected chi connectivity index (χ0v) is 5.97. The van der Waals surface area contributed by atoms with Crippen molar-refractivity contribution < 1.29 is 23.5 Å². The summed E-state index contributed by atoms with van der Waals surface area (Å²) < 4.78 is 24.0. The highest BCUT2D eigenvalue weighted by atomic mass is 19.3. The summed E-state index contributed by atoms with van der Waals surface area (Å²) in [7, 11) is 0. The van der Waals surface area contributed by atoms with Gasteiger partial charge in [0.1, 0.15) is 0 Å². The molecule has 0 bridgehead atoms. The van der Waals surface area contributed by atoms with E-state index in [-0.39, 0.29) is 5.71 Å². The molecule has 0 atom stereocenters. The van der Waals surface area contributed by atoms with Crippen LogP contribution in [0.4, 0.5) is 8.78 Å². The number of hydrogen-bond donors (Lipinski definition) is 1. The van der Waals surface area contributed by atoms with Crippen LogP contribution in [0, 0.1) is 0 Å². The third-order valence-electron chi connectivity index (χ3n) is 0.592. The third kappa shape index (κ3) is 3.49. The fourth-order valence-electron chi connectivity index (χ4n) is 0.188. The lowest BCUT2D eigenvalue weighted by atomic mass is 10.5. The molecular weight excluding hydrogens is 160 g/mol. The number of oxime groups is 1. The van der Waals surface area contributed by atoms with Gasteiger partial charge in [-0.2, -0.15) is 8.78 Å². The van der Waals surface area contributed by atoms with Crippen molar-refractivity contribution in [1.29, 1.82) is 0 Å². The molecule has 4 nitrogen and oxygen atoms in total. The highest BCUT2D eigenvalue weighted by Gasteiger charge is 2.42. The Balaban J connectivity index is 4.14. The molecule has 0 aliphatic heterocycles. The molecule has 0 radical (unpaired) electrons. The van der Waals surface area contributed by atoms with Gasteiger partial charge in [-0.1, -0.05) is 5.16 Å². The SMILES string of the molecule is CC(C)=NOC(F)(F)C(=O)O. The molecule has 0 heterocycles. The Morgan fingerprint density at radius 2 is 2.00 bits per heavy atom. The van der Waals surface area contributed by atoms with Gasteiger partial charge in [0.2, 0.25) is 0 Å². The van der Waals surface area contributed by atoms with E-state index in [2.05, 4.69) is 9.99 Å². The second-order valence-electron chi connectivity index (χ2n) is 1.95. The van der Waals surface area contributed by atoms with Crippen molar-refractivity contribution in [2.45, 2.75) is 20.0 Å². The van der Waals surface area contributed by atoms with Crippen LogP contribution in [0.3, 0.4) is 0 Å². The summed E-state index contributed by atoms with van der Waals surface area (Å²) in [6.45, 7) is 2.80. The van der Waals surface area contributed by atoms with Crippen LogP contribution in [-0.2, 0) is 9.63 Å². The van der Waals surface area contributed by atoms with Gasteiger partial charge in [-0.05, 0) is 13.8 Å². The minimum atomic E-state index is -4.24. The van der Waals surface area contributed by atoms with Gasteiger partial charge in [-0.25, -0.2) is 4.79 Å². The number of carbonyl (C=O) groups is 1. The monoisotopic (exact) mass is 167 g/mol. The predicted octanol–water partition coefficient (Wildman–Crippen LogP) is 1.08. The Morgan fingerprint density at radius 1 is 1.55 bits per heavy atom. The summed E-state index contributed by atoms with van der Waals surface area (Å²) in [5, 5.41) is 10.6. The molecule has 0 amide bonds. The largest absolute Gasteiger partial charge is 0.521 e. The summed E-state index contributed by atoms with van der Waals surface area (Å²) in [5.41, 5.74) is 0.214. The van der Waals surface area contributed by atoms with Crippen LogP contribution in [0.15, 0.2) is 5.16 Å². The zero-order chi connectivity index (χ0) is 9.07. The average Bonchev–Trinajstić information content (AvgIpc) is 1.84. The van der Waals surface area contributed by atoms with E-state index in [0.717, 1.165) is 0 Å². The first-order valence-corrected chi connectivity index (χ1v) is 2.67. The van der Waals surface area contributed by atoms with Crippen molar-refractivity contribution in [1.82, 2.24) is 0 Å². The molecule has 0 saturated heterocycles. The molecule has 0 aromatic heterocycles. The van der Waals surface area contributed by atoms with Gasteiger partial charge in [0.15, 0.2) is 0 Å². The summed E-state index contributed by atoms with van der Waals surface area (Å²) in [4.78, 5) is 13.1. The number of hydrogen-bond acceptors (Lipinski definition) is 3. The van der Waals surface area contributed by atoms with E-state index >= 15 is 0 Å². The van der Waals surface area contributed by atoms with Gasteiger partial charge in [-0.15, -0.1) is 0 Å². The first-order chi connectivity index (χ1) is 4.86. The Hall–Kier alpha value is -1.20. The molecule has 0 aromatic carbocycles. The average molecular weight is 167 g/mol. The maximum atomic E-state index is 12.0. The summed E-state index contributed by atoms with van der Waals surface area (Å²) >= 11 is 0. The molecule has 11 heavy (non-hydrogen) atoms. The van der Waals surface area contributed by atoms with E-state index in [0.29, 0.717) is 0 Å². The zero-order valence-electron chi connectivity index (χ0n) is 5.97. The van der Waals surface area contributed by atoms with E-state index in [1.54, 1.807) is 0 Å².